The van der Waals surface area contributed by atoms with Crippen LogP contribution in [0.3, 0.4) is 0 Å². The first-order valence-corrected chi connectivity index (χ1v) is 3.46. The number of aliphatic hydroxyl groups is 2. The lowest BCUT2D eigenvalue weighted by Gasteiger charge is -2.26. The molecule has 0 bridgehead atoms. The highest BCUT2D eigenvalue weighted by molar-refractivity contribution is 6.09. The van der Waals surface area contributed by atoms with Crippen molar-refractivity contribution in [3.05, 3.63) is 0 Å². The van der Waals surface area contributed by atoms with Crippen molar-refractivity contribution < 1.29 is 10.2 Å². The second-order valence-electron chi connectivity index (χ2n) is 2.52. The summed E-state index contributed by atoms with van der Waals surface area (Å²) in [5, 5.41) is 17.6. The van der Waals surface area contributed by atoms with E-state index < -0.39 is 0 Å². The van der Waals surface area contributed by atoms with E-state index in [-0.39, 0.29) is 18.6 Å². The summed E-state index contributed by atoms with van der Waals surface area (Å²) >= 11 is 0. The van der Waals surface area contributed by atoms with Gasteiger partial charge in [0.25, 0.3) is 0 Å². The second-order valence-corrected chi connectivity index (χ2v) is 2.52. The van der Waals surface area contributed by atoms with Crippen LogP contribution < -0.4 is 0 Å². The largest absolute Gasteiger partial charge is 0.396 e. The zero-order chi connectivity index (χ0) is 7.33. The lowest BCUT2D eigenvalue weighted by molar-refractivity contribution is 0.0676. The summed E-state index contributed by atoms with van der Waals surface area (Å²) in [5.41, 5.74) is -0.222. The van der Waals surface area contributed by atoms with Gasteiger partial charge in [-0.2, -0.15) is 0 Å². The van der Waals surface area contributed by atoms with Gasteiger partial charge in [0.05, 0.1) is 13.2 Å². The topological polar surface area (TPSA) is 40.5 Å². The van der Waals surface area contributed by atoms with E-state index in [0.717, 1.165) is 12.7 Å². The molecule has 54 valence electrons. The van der Waals surface area contributed by atoms with Crippen LogP contribution in [0.2, 0.25) is 6.32 Å². The number of hydrogen-bond donors (Lipinski definition) is 2. The predicted molar refractivity (Wildman–Crippen MR) is 40.2 cm³/mol. The third-order valence-corrected chi connectivity index (χ3v) is 2.17. The fourth-order valence-electron chi connectivity index (χ4n) is 0.747. The molecule has 3 heteroatoms. The molecule has 2 N–H and O–H groups in total. The van der Waals surface area contributed by atoms with Crippen molar-refractivity contribution in [2.24, 2.45) is 5.41 Å². The molecule has 0 aromatic rings. The predicted octanol–water partition coefficient (Wildman–Crippen LogP) is -0.581. The van der Waals surface area contributed by atoms with Crippen molar-refractivity contribution in [1.29, 1.82) is 0 Å². The van der Waals surface area contributed by atoms with Gasteiger partial charge >= 0.3 is 0 Å². The molecule has 0 aliphatic heterocycles. The standard InChI is InChI=1S/C6H15BO2/c1-2-6(3-7,4-8)5-9/h8-9H,2-5,7H2,1H3. The van der Waals surface area contributed by atoms with E-state index in [0.29, 0.717) is 0 Å². The van der Waals surface area contributed by atoms with Gasteiger partial charge in [0.2, 0.25) is 0 Å². The Balaban J connectivity index is 3.82. The quantitative estimate of drug-likeness (QED) is 0.499. The van der Waals surface area contributed by atoms with Crippen LogP contribution in [0, 0.1) is 5.41 Å². The minimum atomic E-state index is -0.222. The fourth-order valence-corrected chi connectivity index (χ4v) is 0.747. The third-order valence-electron chi connectivity index (χ3n) is 2.17. The van der Waals surface area contributed by atoms with Crippen molar-refractivity contribution in [2.45, 2.75) is 19.7 Å². The van der Waals surface area contributed by atoms with E-state index in [1.807, 2.05) is 14.8 Å². The Labute approximate surface area is 57.3 Å². The smallest absolute Gasteiger partial charge is 0.102 e. The summed E-state index contributed by atoms with van der Waals surface area (Å²) in [6, 6.07) is 0. The Hall–Kier alpha value is -0.0151. The van der Waals surface area contributed by atoms with Gasteiger partial charge in [0.15, 0.2) is 0 Å². The van der Waals surface area contributed by atoms with E-state index in [1.165, 1.54) is 0 Å². The lowest BCUT2D eigenvalue weighted by atomic mass is 9.75. The summed E-state index contributed by atoms with van der Waals surface area (Å²) in [7, 11) is 1.98. The van der Waals surface area contributed by atoms with Crippen molar-refractivity contribution in [2.75, 3.05) is 13.2 Å². The normalized spacial score (nSPS) is 11.9. The Bertz CT molecular complexity index is 53.9. The van der Waals surface area contributed by atoms with Crippen molar-refractivity contribution in [3.63, 3.8) is 0 Å². The number of hydrogen-bond acceptors (Lipinski definition) is 2. The van der Waals surface area contributed by atoms with Crippen LogP contribution in [-0.4, -0.2) is 31.3 Å². The first kappa shape index (κ1) is 8.98. The first-order valence-electron chi connectivity index (χ1n) is 3.46. The minimum absolute atomic E-state index is 0.0938. The number of rotatable bonds is 4. The molecular weight excluding hydrogens is 115 g/mol. The summed E-state index contributed by atoms with van der Waals surface area (Å²) in [6.45, 7) is 2.17. The maximum absolute atomic E-state index is 8.82. The van der Waals surface area contributed by atoms with Crippen molar-refractivity contribution >= 4 is 7.85 Å². The van der Waals surface area contributed by atoms with Crippen LogP contribution in [0.25, 0.3) is 0 Å². The van der Waals surface area contributed by atoms with E-state index in [4.69, 9.17) is 10.2 Å². The maximum atomic E-state index is 8.82. The molecule has 0 aromatic carbocycles. The van der Waals surface area contributed by atoms with Crippen LogP contribution in [0.4, 0.5) is 0 Å². The molecule has 0 fully saturated rings. The fraction of sp³-hybridized carbons (Fsp3) is 1.00. The van der Waals surface area contributed by atoms with Gasteiger partial charge in [-0.3, -0.25) is 0 Å². The SMILES string of the molecule is BCC(CC)(CO)CO. The first-order chi connectivity index (χ1) is 4.24. The van der Waals surface area contributed by atoms with Crippen molar-refractivity contribution in [3.8, 4) is 0 Å². The highest BCUT2D eigenvalue weighted by Gasteiger charge is 2.23. The molecule has 0 amide bonds. The van der Waals surface area contributed by atoms with Gasteiger partial charge in [-0.05, 0) is 6.42 Å². The zero-order valence-electron chi connectivity index (χ0n) is 6.22. The summed E-state index contributed by atoms with van der Waals surface area (Å²) in [4.78, 5) is 0. The van der Waals surface area contributed by atoms with Gasteiger partial charge in [-0.25, -0.2) is 0 Å². The van der Waals surface area contributed by atoms with Crippen LogP contribution in [0.5, 0.6) is 0 Å². The molecule has 0 aliphatic carbocycles. The molecule has 0 radical (unpaired) electrons. The number of aliphatic hydroxyl groups excluding tert-OH is 2. The molecule has 0 unspecified atom stereocenters. The molecule has 0 atom stereocenters. The third kappa shape index (κ3) is 1.99. The molecule has 2 nitrogen and oxygen atoms in total. The Morgan fingerprint density at radius 2 is 1.78 bits per heavy atom. The second kappa shape index (κ2) is 3.91. The van der Waals surface area contributed by atoms with E-state index in [2.05, 4.69) is 0 Å². The van der Waals surface area contributed by atoms with Crippen LogP contribution in [0.15, 0.2) is 0 Å². The highest BCUT2D eigenvalue weighted by atomic mass is 16.3. The molecule has 0 spiro atoms. The molecule has 0 saturated heterocycles. The Morgan fingerprint density at radius 3 is 1.78 bits per heavy atom. The van der Waals surface area contributed by atoms with Gasteiger partial charge in [0.1, 0.15) is 7.85 Å². The average molecular weight is 130 g/mol. The molecule has 0 aromatic heterocycles. The summed E-state index contributed by atoms with van der Waals surface area (Å²) < 4.78 is 0. The molecule has 0 heterocycles. The van der Waals surface area contributed by atoms with E-state index in [1.54, 1.807) is 0 Å². The summed E-state index contributed by atoms with van der Waals surface area (Å²) in [6.07, 6.45) is 1.69. The van der Waals surface area contributed by atoms with Gasteiger partial charge in [-0.1, -0.05) is 13.2 Å². The Morgan fingerprint density at radius 1 is 1.33 bits per heavy atom. The molecular formula is C6H15BO2. The van der Waals surface area contributed by atoms with E-state index >= 15 is 0 Å². The Kier molecular flexibility index (Phi) is 3.90. The van der Waals surface area contributed by atoms with Gasteiger partial charge in [0, 0.05) is 5.41 Å². The highest BCUT2D eigenvalue weighted by Crippen LogP contribution is 2.23. The van der Waals surface area contributed by atoms with E-state index in [9.17, 15) is 0 Å². The summed E-state index contributed by atoms with van der Waals surface area (Å²) in [5.74, 6) is 0. The van der Waals surface area contributed by atoms with Crippen LogP contribution in [0.1, 0.15) is 13.3 Å². The monoisotopic (exact) mass is 130 g/mol. The molecule has 0 saturated carbocycles. The van der Waals surface area contributed by atoms with Crippen LogP contribution in [-0.2, 0) is 0 Å². The van der Waals surface area contributed by atoms with Crippen molar-refractivity contribution in [1.82, 2.24) is 0 Å². The molecule has 0 aliphatic rings. The lowest BCUT2D eigenvalue weighted by Crippen LogP contribution is -2.28. The van der Waals surface area contributed by atoms with Gasteiger partial charge in [-0.15, -0.1) is 0 Å². The average Bonchev–Trinajstić information content (AvgIpc) is 1.95. The van der Waals surface area contributed by atoms with Crippen LogP contribution >= 0.6 is 0 Å². The zero-order valence-corrected chi connectivity index (χ0v) is 6.22. The molecule has 9 heavy (non-hydrogen) atoms. The maximum Gasteiger partial charge on any atom is 0.102 e. The molecule has 0 rings (SSSR count). The van der Waals surface area contributed by atoms with Gasteiger partial charge < -0.3 is 10.2 Å². The minimum Gasteiger partial charge on any atom is -0.396 e.